The third-order valence-corrected chi connectivity index (χ3v) is 9.84. The first-order valence-electron chi connectivity index (χ1n) is 12.2. The number of fused-ring (bicyclic) bond motifs is 3. The molecule has 0 spiro atoms. The summed E-state index contributed by atoms with van der Waals surface area (Å²) in [5.41, 5.74) is 2.11. The van der Waals surface area contributed by atoms with Crippen LogP contribution in [-0.2, 0) is 4.79 Å². The number of nitrogens with zero attached hydrogens (tertiary/aromatic N) is 2. The summed E-state index contributed by atoms with van der Waals surface area (Å²) in [4.78, 5) is 39.1. The molecule has 6 atom stereocenters. The first-order valence-corrected chi connectivity index (χ1v) is 13.6. The average molecular weight is 530 g/mol. The lowest BCUT2D eigenvalue weighted by molar-refractivity contribution is -0.387. The predicted octanol–water partition coefficient (Wildman–Crippen LogP) is 5.36. The molecule has 2 heterocycles. The Labute approximate surface area is 218 Å². The van der Waals surface area contributed by atoms with Crippen LogP contribution in [0.2, 0.25) is 0 Å². The van der Waals surface area contributed by atoms with Gasteiger partial charge in [-0.1, -0.05) is 12.1 Å². The molecule has 5 rings (SSSR count). The molecule has 2 aromatic rings. The molecule has 1 saturated carbocycles. The minimum atomic E-state index is -0.960. The molecule has 36 heavy (non-hydrogen) atoms. The third-order valence-electron chi connectivity index (χ3n) is 7.73. The molecule has 1 saturated heterocycles. The zero-order valence-electron chi connectivity index (χ0n) is 19.8. The number of likely N-dealkylation sites (tertiary alicyclic amines) is 1. The quantitative estimate of drug-likeness (QED) is 0.304. The number of rotatable bonds is 5. The van der Waals surface area contributed by atoms with Gasteiger partial charge < -0.3 is 15.3 Å². The van der Waals surface area contributed by atoms with Gasteiger partial charge in [0.25, 0.3) is 11.6 Å². The second kappa shape index (κ2) is 9.94. The number of nitro groups is 1. The monoisotopic (exact) mass is 529 g/mol. The van der Waals surface area contributed by atoms with Gasteiger partial charge >= 0.3 is 5.97 Å². The zero-order chi connectivity index (χ0) is 25.6. The second-order valence-corrected chi connectivity index (χ2v) is 11.6. The number of alkyl halides is 1. The highest BCUT2D eigenvalue weighted by atomic mass is 35.5. The summed E-state index contributed by atoms with van der Waals surface area (Å²) >= 11 is 8.36. The van der Waals surface area contributed by atoms with Gasteiger partial charge in [0.1, 0.15) is 6.04 Å². The van der Waals surface area contributed by atoms with E-state index in [1.807, 2.05) is 11.0 Å². The van der Waals surface area contributed by atoms with E-state index < -0.39 is 22.3 Å². The van der Waals surface area contributed by atoms with Crippen LogP contribution in [0.1, 0.15) is 54.4 Å². The number of amides is 1. The molecule has 0 bridgehead atoms. The van der Waals surface area contributed by atoms with Crippen molar-refractivity contribution in [2.45, 2.75) is 66.1 Å². The van der Waals surface area contributed by atoms with Crippen LogP contribution in [0.3, 0.4) is 0 Å². The SMILES string of the molecule is C[C@H]1CCCCN1C(=O)c1ccc2c(c1)[C@H]1[C@@H](Cl)[C@@H](Sc3ccccc3[N+](=O)[O-])C[C@H]1[C@H](C(=O)O)N2. The number of piperidine rings is 1. The molecule has 0 radical (unpaired) electrons. The van der Waals surface area contributed by atoms with Crippen LogP contribution < -0.4 is 5.32 Å². The first-order chi connectivity index (χ1) is 17.3. The van der Waals surface area contributed by atoms with Gasteiger partial charge in [0, 0.05) is 41.1 Å². The van der Waals surface area contributed by atoms with E-state index in [2.05, 4.69) is 12.2 Å². The number of carbonyl (C=O) groups is 2. The molecule has 2 aliphatic heterocycles. The Morgan fingerprint density at radius 1 is 1.22 bits per heavy atom. The van der Waals surface area contributed by atoms with Gasteiger partial charge in [-0.3, -0.25) is 14.9 Å². The minimum absolute atomic E-state index is 0.0121. The number of nitro benzene ring substituents is 1. The van der Waals surface area contributed by atoms with Crippen LogP contribution in [0.4, 0.5) is 11.4 Å². The van der Waals surface area contributed by atoms with Crippen molar-refractivity contribution in [3.05, 3.63) is 63.7 Å². The highest BCUT2D eigenvalue weighted by Crippen LogP contribution is 2.55. The van der Waals surface area contributed by atoms with Gasteiger partial charge in [0.05, 0.1) is 15.2 Å². The average Bonchev–Trinajstić information content (AvgIpc) is 3.19. The molecule has 190 valence electrons. The van der Waals surface area contributed by atoms with Crippen LogP contribution in [0, 0.1) is 16.0 Å². The number of benzene rings is 2. The fourth-order valence-electron chi connectivity index (χ4n) is 5.93. The number of aliphatic carboxylic acids is 1. The number of nitrogens with one attached hydrogen (secondary N) is 1. The summed E-state index contributed by atoms with van der Waals surface area (Å²) in [6.45, 7) is 2.80. The molecular formula is C26H28ClN3O5S. The molecule has 8 nitrogen and oxygen atoms in total. The molecule has 3 aliphatic rings. The highest BCUT2D eigenvalue weighted by molar-refractivity contribution is 8.00. The van der Waals surface area contributed by atoms with Crippen molar-refractivity contribution in [1.82, 2.24) is 4.90 Å². The zero-order valence-corrected chi connectivity index (χ0v) is 21.4. The summed E-state index contributed by atoms with van der Waals surface area (Å²) in [6, 6.07) is 11.3. The summed E-state index contributed by atoms with van der Waals surface area (Å²) in [7, 11) is 0. The second-order valence-electron chi connectivity index (χ2n) is 9.86. The molecule has 10 heteroatoms. The van der Waals surface area contributed by atoms with Crippen molar-refractivity contribution in [3.8, 4) is 0 Å². The molecular weight excluding hydrogens is 502 g/mol. The standard InChI is InChI=1S/C26H28ClN3O5S/c1-14-6-4-5-11-29(14)25(31)15-9-10-18-16(12-15)22-17(24(28-18)26(32)33)13-21(23(22)27)36-20-8-3-2-7-19(20)30(34)35/h2-3,7-10,12,14,17,21-24,28H,4-6,11,13H2,1H3,(H,32,33)/t14-,17+,21-,22+,23-,24+/m0/s1. The third kappa shape index (κ3) is 4.43. The maximum absolute atomic E-state index is 13.4. The van der Waals surface area contributed by atoms with Gasteiger partial charge in [-0.15, -0.1) is 23.4 Å². The molecule has 2 aromatic carbocycles. The van der Waals surface area contributed by atoms with E-state index >= 15 is 0 Å². The van der Waals surface area contributed by atoms with Crippen molar-refractivity contribution in [3.63, 3.8) is 0 Å². The van der Waals surface area contributed by atoms with Crippen LogP contribution in [0.15, 0.2) is 47.4 Å². The van der Waals surface area contributed by atoms with E-state index in [0.717, 1.165) is 31.4 Å². The summed E-state index contributed by atoms with van der Waals surface area (Å²) in [6.07, 6.45) is 3.57. The highest BCUT2D eigenvalue weighted by Gasteiger charge is 2.52. The van der Waals surface area contributed by atoms with Gasteiger partial charge in [0.15, 0.2) is 0 Å². The lowest BCUT2D eigenvalue weighted by Gasteiger charge is -2.37. The first kappa shape index (κ1) is 24.9. The number of carboxylic acid groups (broad SMARTS) is 1. The lowest BCUT2D eigenvalue weighted by atomic mass is 9.79. The van der Waals surface area contributed by atoms with Gasteiger partial charge in [-0.2, -0.15) is 0 Å². The van der Waals surface area contributed by atoms with Crippen LogP contribution in [-0.4, -0.2) is 56.1 Å². The maximum Gasteiger partial charge on any atom is 0.326 e. The fourth-order valence-corrected chi connectivity index (χ4v) is 7.87. The Balaban J connectivity index is 1.48. The van der Waals surface area contributed by atoms with Crippen LogP contribution in [0.25, 0.3) is 0 Å². The molecule has 1 amide bonds. The Morgan fingerprint density at radius 3 is 2.72 bits per heavy atom. The fraction of sp³-hybridized carbons (Fsp3) is 0.462. The summed E-state index contributed by atoms with van der Waals surface area (Å²) < 4.78 is 0. The van der Waals surface area contributed by atoms with E-state index in [4.69, 9.17) is 11.6 Å². The number of hydrogen-bond acceptors (Lipinski definition) is 6. The van der Waals surface area contributed by atoms with Crippen molar-refractivity contribution in [2.75, 3.05) is 11.9 Å². The largest absolute Gasteiger partial charge is 0.480 e. The van der Waals surface area contributed by atoms with Crippen molar-refractivity contribution in [2.24, 2.45) is 5.92 Å². The molecule has 2 fully saturated rings. The Bertz CT molecular complexity index is 1210. The molecule has 1 aliphatic carbocycles. The molecule has 0 unspecified atom stereocenters. The van der Waals surface area contributed by atoms with Gasteiger partial charge in [-0.05, 0) is 68.4 Å². The topological polar surface area (TPSA) is 113 Å². The number of hydrogen-bond donors (Lipinski definition) is 2. The van der Waals surface area contributed by atoms with E-state index in [1.54, 1.807) is 30.3 Å². The van der Waals surface area contributed by atoms with E-state index in [9.17, 15) is 24.8 Å². The molecule has 0 aromatic heterocycles. The van der Waals surface area contributed by atoms with Crippen molar-refractivity contribution in [1.29, 1.82) is 0 Å². The van der Waals surface area contributed by atoms with Gasteiger partial charge in [-0.25, -0.2) is 4.79 Å². The summed E-state index contributed by atoms with van der Waals surface area (Å²) in [5.74, 6) is -1.58. The number of anilines is 1. The van der Waals surface area contributed by atoms with E-state index in [0.29, 0.717) is 22.6 Å². The smallest absolute Gasteiger partial charge is 0.326 e. The number of carbonyl (C=O) groups excluding carboxylic acids is 1. The van der Waals surface area contributed by atoms with E-state index in [-0.39, 0.29) is 34.7 Å². The van der Waals surface area contributed by atoms with Crippen molar-refractivity contribution >= 4 is 46.6 Å². The Kier molecular flexibility index (Phi) is 6.87. The number of thioether (sulfide) groups is 1. The van der Waals surface area contributed by atoms with Crippen LogP contribution >= 0.6 is 23.4 Å². The Hall–Kier alpha value is -2.78. The van der Waals surface area contributed by atoms with E-state index in [1.165, 1.54) is 17.8 Å². The Morgan fingerprint density at radius 2 is 2.00 bits per heavy atom. The van der Waals surface area contributed by atoms with Crippen molar-refractivity contribution < 1.29 is 19.6 Å². The predicted molar refractivity (Wildman–Crippen MR) is 139 cm³/mol. The number of carboxylic acids is 1. The molecule has 2 N–H and O–H groups in total. The summed E-state index contributed by atoms with van der Waals surface area (Å²) in [5, 5.41) is 24.0. The number of para-hydroxylation sites is 1. The number of halogens is 1. The minimum Gasteiger partial charge on any atom is -0.480 e. The lowest BCUT2D eigenvalue weighted by Crippen LogP contribution is -2.43. The maximum atomic E-state index is 13.4. The normalized spacial score (nSPS) is 29.1. The van der Waals surface area contributed by atoms with Crippen LogP contribution in [0.5, 0.6) is 0 Å². The van der Waals surface area contributed by atoms with Gasteiger partial charge in [0.2, 0.25) is 0 Å².